The smallest absolute Gasteiger partial charge is 0.274 e. The van der Waals surface area contributed by atoms with Gasteiger partial charge in [-0.1, -0.05) is 12.8 Å². The van der Waals surface area contributed by atoms with Crippen LogP contribution >= 0.6 is 11.8 Å². The molecule has 1 aliphatic carbocycles. The van der Waals surface area contributed by atoms with Gasteiger partial charge in [0.25, 0.3) is 5.91 Å². The van der Waals surface area contributed by atoms with Crippen molar-refractivity contribution in [3.8, 4) is 0 Å². The van der Waals surface area contributed by atoms with E-state index in [1.807, 2.05) is 18.7 Å². The molecule has 0 radical (unpaired) electrons. The number of nitrogens with one attached hydrogen (secondary N) is 1. The average molecular weight is 282 g/mol. The molecule has 1 aromatic heterocycles. The molecule has 0 spiro atoms. The molecule has 6 heteroatoms. The average Bonchev–Trinajstić information content (AvgIpc) is 2.80. The van der Waals surface area contributed by atoms with Gasteiger partial charge >= 0.3 is 0 Å². The molecule has 1 amide bonds. The van der Waals surface area contributed by atoms with Crippen LogP contribution in [0.1, 0.15) is 43.1 Å². The summed E-state index contributed by atoms with van der Waals surface area (Å²) < 4.78 is 1.69. The Hall–Kier alpha value is -1.17. The number of aryl methyl sites for hydroxylation is 1. The number of nitrogens with zero attached hydrogens (tertiary/aromatic N) is 2. The second-order valence-corrected chi connectivity index (χ2v) is 6.00. The number of carbonyl (C=O) groups excluding carboxylic acids is 1. The minimum absolute atomic E-state index is 0.143. The molecule has 2 unspecified atom stereocenters. The van der Waals surface area contributed by atoms with Crippen LogP contribution in [0.15, 0.2) is 6.20 Å². The third-order valence-electron chi connectivity index (χ3n) is 3.65. The van der Waals surface area contributed by atoms with E-state index >= 15 is 0 Å². The monoisotopic (exact) mass is 282 g/mol. The number of nitrogens with two attached hydrogens (primary N) is 1. The maximum atomic E-state index is 12.2. The Morgan fingerprint density at radius 1 is 1.58 bits per heavy atom. The summed E-state index contributed by atoms with van der Waals surface area (Å²) in [6, 6.07) is 0.238. The summed E-state index contributed by atoms with van der Waals surface area (Å²) >= 11 is 1.83. The Labute approximate surface area is 118 Å². The summed E-state index contributed by atoms with van der Waals surface area (Å²) in [6.45, 7) is 2.69. The molecule has 106 valence electrons. The van der Waals surface area contributed by atoms with Crippen molar-refractivity contribution in [2.45, 2.75) is 50.4 Å². The Morgan fingerprint density at radius 3 is 2.95 bits per heavy atom. The normalized spacial score (nSPS) is 23.3. The summed E-state index contributed by atoms with van der Waals surface area (Å²) in [6.07, 6.45) is 8.47. The minimum Gasteiger partial charge on any atom is -0.396 e. The van der Waals surface area contributed by atoms with Gasteiger partial charge in [0.2, 0.25) is 0 Å². The van der Waals surface area contributed by atoms with Crippen LogP contribution in [-0.2, 0) is 6.54 Å². The number of anilines is 1. The number of carbonyl (C=O) groups is 1. The second kappa shape index (κ2) is 6.32. The van der Waals surface area contributed by atoms with Crippen LogP contribution in [0.5, 0.6) is 0 Å². The lowest BCUT2D eigenvalue weighted by Crippen LogP contribution is -2.44. The summed E-state index contributed by atoms with van der Waals surface area (Å²) in [5.74, 6) is -0.143. The minimum atomic E-state index is -0.143. The first-order chi connectivity index (χ1) is 9.15. The number of amides is 1. The van der Waals surface area contributed by atoms with Crippen LogP contribution in [0.4, 0.5) is 5.69 Å². The Bertz CT molecular complexity index is 446. The van der Waals surface area contributed by atoms with Crippen molar-refractivity contribution in [2.24, 2.45) is 0 Å². The number of rotatable bonds is 4. The van der Waals surface area contributed by atoms with Gasteiger partial charge in [0, 0.05) is 24.0 Å². The van der Waals surface area contributed by atoms with Crippen molar-refractivity contribution < 1.29 is 4.79 Å². The molecule has 3 N–H and O–H groups in total. The Balaban J connectivity index is 2.05. The van der Waals surface area contributed by atoms with Crippen molar-refractivity contribution in [3.05, 3.63) is 11.9 Å². The van der Waals surface area contributed by atoms with Gasteiger partial charge in [-0.05, 0) is 26.0 Å². The van der Waals surface area contributed by atoms with Crippen LogP contribution in [0, 0.1) is 0 Å². The maximum Gasteiger partial charge on any atom is 0.274 e. The number of hydrogen-bond donors (Lipinski definition) is 2. The van der Waals surface area contributed by atoms with E-state index in [1.165, 1.54) is 19.3 Å². The Kier molecular flexibility index (Phi) is 4.74. The lowest BCUT2D eigenvalue weighted by atomic mass is 9.95. The van der Waals surface area contributed by atoms with E-state index in [9.17, 15) is 4.79 Å². The molecule has 2 rings (SSSR count). The van der Waals surface area contributed by atoms with E-state index in [4.69, 9.17) is 5.73 Å². The quantitative estimate of drug-likeness (QED) is 0.884. The number of thioether (sulfide) groups is 1. The molecule has 1 fully saturated rings. The molecule has 0 aromatic carbocycles. The molecule has 0 saturated heterocycles. The molecule has 1 heterocycles. The highest BCUT2D eigenvalue weighted by Gasteiger charge is 2.27. The van der Waals surface area contributed by atoms with Crippen molar-refractivity contribution >= 4 is 23.4 Å². The van der Waals surface area contributed by atoms with Crippen LogP contribution in [0.3, 0.4) is 0 Å². The molecular formula is C13H22N4OS. The number of aromatic nitrogens is 2. The van der Waals surface area contributed by atoms with Gasteiger partial charge in [-0.15, -0.1) is 0 Å². The van der Waals surface area contributed by atoms with Gasteiger partial charge in [-0.2, -0.15) is 16.9 Å². The standard InChI is InChI=1S/C13H22N4OS/c1-3-17-8-9(14)12(16-17)13(18)15-10-6-4-5-7-11(10)19-2/h8,10-11H,3-7,14H2,1-2H3,(H,15,18). The zero-order valence-electron chi connectivity index (χ0n) is 11.6. The molecule has 1 saturated carbocycles. The first-order valence-corrected chi connectivity index (χ1v) is 8.11. The highest BCUT2D eigenvalue weighted by molar-refractivity contribution is 7.99. The van der Waals surface area contributed by atoms with Gasteiger partial charge in [-0.3, -0.25) is 9.48 Å². The van der Waals surface area contributed by atoms with Crippen LogP contribution < -0.4 is 11.1 Å². The van der Waals surface area contributed by atoms with E-state index in [0.717, 1.165) is 6.42 Å². The largest absolute Gasteiger partial charge is 0.396 e. The van der Waals surface area contributed by atoms with Gasteiger partial charge in [0.05, 0.1) is 5.69 Å². The molecule has 5 nitrogen and oxygen atoms in total. The summed E-state index contributed by atoms with van der Waals surface area (Å²) in [5.41, 5.74) is 6.65. The van der Waals surface area contributed by atoms with E-state index < -0.39 is 0 Å². The number of hydrogen-bond acceptors (Lipinski definition) is 4. The highest BCUT2D eigenvalue weighted by atomic mass is 32.2. The first-order valence-electron chi connectivity index (χ1n) is 6.82. The zero-order chi connectivity index (χ0) is 13.8. The first kappa shape index (κ1) is 14.2. The fourth-order valence-electron chi connectivity index (χ4n) is 2.56. The molecule has 1 aromatic rings. The fraction of sp³-hybridized carbons (Fsp3) is 0.692. The number of nitrogen functional groups attached to an aromatic ring is 1. The lowest BCUT2D eigenvalue weighted by molar-refractivity contribution is 0.0924. The van der Waals surface area contributed by atoms with Crippen LogP contribution in [0.25, 0.3) is 0 Å². The SMILES string of the molecule is CCn1cc(N)c(C(=O)NC2CCCCC2SC)n1. The van der Waals surface area contributed by atoms with Crippen LogP contribution in [-0.4, -0.2) is 33.2 Å². The summed E-state index contributed by atoms with van der Waals surface area (Å²) in [4.78, 5) is 12.2. The van der Waals surface area contributed by atoms with E-state index in [-0.39, 0.29) is 11.9 Å². The molecule has 0 bridgehead atoms. The highest BCUT2D eigenvalue weighted by Crippen LogP contribution is 2.27. The summed E-state index contributed by atoms with van der Waals surface area (Å²) in [5, 5.41) is 7.82. The topological polar surface area (TPSA) is 72.9 Å². The van der Waals surface area contributed by atoms with Crippen LogP contribution in [0.2, 0.25) is 0 Å². The Morgan fingerprint density at radius 2 is 2.32 bits per heavy atom. The molecule has 0 aliphatic heterocycles. The van der Waals surface area contributed by atoms with E-state index in [0.29, 0.717) is 23.2 Å². The second-order valence-electron chi connectivity index (χ2n) is 4.93. The van der Waals surface area contributed by atoms with Crippen molar-refractivity contribution in [2.75, 3.05) is 12.0 Å². The predicted octanol–water partition coefficient (Wildman–Crippen LogP) is 1.89. The summed E-state index contributed by atoms with van der Waals surface area (Å²) in [7, 11) is 0. The van der Waals surface area contributed by atoms with Gasteiger partial charge < -0.3 is 11.1 Å². The molecule has 1 aliphatic rings. The molecule has 2 atom stereocenters. The van der Waals surface area contributed by atoms with Crippen molar-refractivity contribution in [1.82, 2.24) is 15.1 Å². The van der Waals surface area contributed by atoms with Crippen molar-refractivity contribution in [3.63, 3.8) is 0 Å². The third kappa shape index (κ3) is 3.23. The van der Waals surface area contributed by atoms with E-state index in [2.05, 4.69) is 16.7 Å². The third-order valence-corrected chi connectivity index (χ3v) is 4.82. The molecular weight excluding hydrogens is 260 g/mol. The van der Waals surface area contributed by atoms with Crippen molar-refractivity contribution in [1.29, 1.82) is 0 Å². The predicted molar refractivity (Wildman–Crippen MR) is 79.3 cm³/mol. The van der Waals surface area contributed by atoms with Gasteiger partial charge in [0.1, 0.15) is 0 Å². The van der Waals surface area contributed by atoms with Gasteiger partial charge in [0.15, 0.2) is 5.69 Å². The zero-order valence-corrected chi connectivity index (χ0v) is 12.4. The maximum absolute atomic E-state index is 12.2. The fourth-order valence-corrected chi connectivity index (χ4v) is 3.49. The van der Waals surface area contributed by atoms with Gasteiger partial charge in [-0.25, -0.2) is 0 Å². The van der Waals surface area contributed by atoms with E-state index in [1.54, 1.807) is 10.9 Å². The lowest BCUT2D eigenvalue weighted by Gasteiger charge is -2.30. The molecule has 19 heavy (non-hydrogen) atoms.